The summed E-state index contributed by atoms with van der Waals surface area (Å²) in [4.78, 5) is 3.79. The van der Waals surface area contributed by atoms with Gasteiger partial charge in [0.25, 0.3) is 0 Å². The van der Waals surface area contributed by atoms with Crippen molar-refractivity contribution in [2.45, 2.75) is 24.3 Å². The normalized spacial score (nSPS) is 18.0. The third kappa shape index (κ3) is 2.03. The summed E-state index contributed by atoms with van der Waals surface area (Å²) in [6.07, 6.45) is 4.85. The largest absolute Gasteiger partial charge is 0.271 e. The molecule has 1 heterocycles. The number of hydrogen-bond donors (Lipinski definition) is 2. The Labute approximate surface area is 111 Å². The second-order valence-corrected chi connectivity index (χ2v) is 5.02. The zero-order valence-electron chi connectivity index (χ0n) is 10.5. The highest BCUT2D eigenvalue weighted by molar-refractivity contribution is 5.38. The van der Waals surface area contributed by atoms with E-state index in [1.807, 2.05) is 18.2 Å². The lowest BCUT2D eigenvalue weighted by Crippen LogP contribution is -2.37. The van der Waals surface area contributed by atoms with Crippen LogP contribution in [-0.2, 0) is 5.41 Å². The molecule has 1 fully saturated rings. The molecule has 1 aliphatic rings. The molecule has 1 aliphatic carbocycles. The number of nitrogens with two attached hydrogens (primary N) is 1. The predicted octanol–water partition coefficient (Wildman–Crippen LogP) is 2.46. The highest BCUT2D eigenvalue weighted by Crippen LogP contribution is 2.56. The van der Waals surface area contributed by atoms with Gasteiger partial charge in [0.1, 0.15) is 5.82 Å². The van der Waals surface area contributed by atoms with Gasteiger partial charge in [-0.25, -0.2) is 4.39 Å². The molecular formula is C15H16FN3. The van der Waals surface area contributed by atoms with Crippen molar-refractivity contribution in [2.24, 2.45) is 5.84 Å². The molecule has 1 aromatic carbocycles. The van der Waals surface area contributed by atoms with Gasteiger partial charge in [0.15, 0.2) is 0 Å². The molecule has 3 N–H and O–H groups in total. The first kappa shape index (κ1) is 12.3. The van der Waals surface area contributed by atoms with Gasteiger partial charge in [-0.15, -0.1) is 0 Å². The van der Waals surface area contributed by atoms with Gasteiger partial charge in [0, 0.05) is 17.2 Å². The van der Waals surface area contributed by atoms with E-state index in [1.54, 1.807) is 12.3 Å². The zero-order valence-corrected chi connectivity index (χ0v) is 10.5. The first-order chi connectivity index (χ1) is 9.28. The number of nitrogens with zero attached hydrogens (tertiary/aromatic N) is 1. The lowest BCUT2D eigenvalue weighted by Gasteiger charge is -2.27. The summed E-state index contributed by atoms with van der Waals surface area (Å²) in [7, 11) is 0. The molecule has 1 aromatic heterocycles. The molecule has 0 amide bonds. The van der Waals surface area contributed by atoms with Gasteiger partial charge in [0.05, 0.1) is 12.2 Å². The van der Waals surface area contributed by atoms with Crippen LogP contribution in [0.15, 0.2) is 48.8 Å². The van der Waals surface area contributed by atoms with E-state index in [-0.39, 0.29) is 17.3 Å². The van der Waals surface area contributed by atoms with Gasteiger partial charge >= 0.3 is 0 Å². The molecule has 0 radical (unpaired) electrons. The van der Waals surface area contributed by atoms with Crippen LogP contribution in [0.2, 0.25) is 0 Å². The fourth-order valence-electron chi connectivity index (χ4n) is 2.82. The van der Waals surface area contributed by atoms with Gasteiger partial charge in [-0.1, -0.05) is 30.3 Å². The summed E-state index contributed by atoms with van der Waals surface area (Å²) in [5, 5.41) is 0. The van der Waals surface area contributed by atoms with Crippen molar-refractivity contribution in [1.82, 2.24) is 10.4 Å². The van der Waals surface area contributed by atoms with E-state index in [4.69, 9.17) is 5.84 Å². The fraction of sp³-hybridized carbons (Fsp3) is 0.267. The average molecular weight is 257 g/mol. The van der Waals surface area contributed by atoms with Gasteiger partial charge < -0.3 is 0 Å². The molecule has 0 aliphatic heterocycles. The molecule has 19 heavy (non-hydrogen) atoms. The molecule has 1 saturated carbocycles. The maximum absolute atomic E-state index is 13.9. The van der Waals surface area contributed by atoms with E-state index in [0.717, 1.165) is 12.8 Å². The van der Waals surface area contributed by atoms with E-state index < -0.39 is 0 Å². The Hall–Kier alpha value is -1.78. The Kier molecular flexibility index (Phi) is 3.05. The minimum atomic E-state index is -0.312. The molecule has 0 bridgehead atoms. The van der Waals surface area contributed by atoms with E-state index >= 15 is 0 Å². The van der Waals surface area contributed by atoms with Crippen molar-refractivity contribution in [2.75, 3.05) is 0 Å². The first-order valence-corrected chi connectivity index (χ1v) is 6.39. The molecule has 0 saturated heterocycles. The summed E-state index contributed by atoms with van der Waals surface area (Å²) in [5.41, 5.74) is 4.48. The lowest BCUT2D eigenvalue weighted by atomic mass is 9.84. The topological polar surface area (TPSA) is 50.9 Å². The Morgan fingerprint density at radius 2 is 1.95 bits per heavy atom. The van der Waals surface area contributed by atoms with E-state index in [0.29, 0.717) is 5.56 Å². The Morgan fingerprint density at radius 3 is 2.53 bits per heavy atom. The highest BCUT2D eigenvalue weighted by atomic mass is 19.1. The zero-order chi connectivity index (χ0) is 13.3. The SMILES string of the molecule is NNC(c1ccncc1F)C1(c2ccccc2)CC1. The summed E-state index contributed by atoms with van der Waals surface area (Å²) >= 11 is 0. The van der Waals surface area contributed by atoms with Crippen LogP contribution in [0.3, 0.4) is 0 Å². The highest BCUT2D eigenvalue weighted by Gasteiger charge is 2.51. The van der Waals surface area contributed by atoms with Crippen LogP contribution >= 0.6 is 0 Å². The summed E-state index contributed by atoms with van der Waals surface area (Å²) in [6, 6.07) is 11.6. The number of halogens is 1. The molecule has 98 valence electrons. The fourth-order valence-corrected chi connectivity index (χ4v) is 2.82. The molecule has 1 atom stereocenters. The van der Waals surface area contributed by atoms with Crippen LogP contribution in [0.1, 0.15) is 30.0 Å². The molecule has 0 spiro atoms. The van der Waals surface area contributed by atoms with Crippen LogP contribution < -0.4 is 11.3 Å². The summed E-state index contributed by atoms with van der Waals surface area (Å²) in [6.45, 7) is 0. The van der Waals surface area contributed by atoms with Crippen molar-refractivity contribution in [3.63, 3.8) is 0 Å². The Morgan fingerprint density at radius 1 is 1.21 bits per heavy atom. The van der Waals surface area contributed by atoms with Crippen molar-refractivity contribution in [3.05, 3.63) is 65.7 Å². The van der Waals surface area contributed by atoms with Crippen molar-refractivity contribution in [1.29, 1.82) is 0 Å². The maximum Gasteiger partial charge on any atom is 0.146 e. The average Bonchev–Trinajstić information content (AvgIpc) is 3.24. The van der Waals surface area contributed by atoms with Crippen molar-refractivity contribution >= 4 is 0 Å². The second-order valence-electron chi connectivity index (χ2n) is 5.02. The number of pyridine rings is 1. The summed E-state index contributed by atoms with van der Waals surface area (Å²) < 4.78 is 13.9. The van der Waals surface area contributed by atoms with Gasteiger partial charge in [-0.05, 0) is 24.5 Å². The molecule has 2 aromatic rings. The van der Waals surface area contributed by atoms with Gasteiger partial charge in [0.2, 0.25) is 0 Å². The van der Waals surface area contributed by atoms with Gasteiger partial charge in [-0.3, -0.25) is 16.3 Å². The second kappa shape index (κ2) is 4.72. The minimum absolute atomic E-state index is 0.0990. The molecule has 1 unspecified atom stereocenters. The number of nitrogens with one attached hydrogen (secondary N) is 1. The monoisotopic (exact) mass is 257 g/mol. The van der Waals surface area contributed by atoms with Crippen molar-refractivity contribution in [3.8, 4) is 0 Å². The molecular weight excluding hydrogens is 241 g/mol. The van der Waals surface area contributed by atoms with Crippen LogP contribution in [0.25, 0.3) is 0 Å². The number of benzene rings is 1. The first-order valence-electron chi connectivity index (χ1n) is 6.39. The van der Waals surface area contributed by atoms with Crippen LogP contribution in [-0.4, -0.2) is 4.98 Å². The smallest absolute Gasteiger partial charge is 0.146 e. The van der Waals surface area contributed by atoms with Gasteiger partial charge in [-0.2, -0.15) is 0 Å². The lowest BCUT2D eigenvalue weighted by molar-refractivity contribution is 0.419. The third-order valence-electron chi connectivity index (χ3n) is 3.97. The third-order valence-corrected chi connectivity index (χ3v) is 3.97. The molecule has 3 rings (SSSR count). The quantitative estimate of drug-likeness (QED) is 0.653. The number of hydrogen-bond acceptors (Lipinski definition) is 3. The number of hydrazine groups is 1. The summed E-state index contributed by atoms with van der Waals surface area (Å²) in [5.74, 6) is 5.39. The Balaban J connectivity index is 2.02. The number of rotatable bonds is 4. The van der Waals surface area contributed by atoms with E-state index in [1.165, 1.54) is 11.8 Å². The van der Waals surface area contributed by atoms with Crippen LogP contribution in [0, 0.1) is 5.82 Å². The van der Waals surface area contributed by atoms with Crippen LogP contribution in [0.5, 0.6) is 0 Å². The Bertz CT molecular complexity index is 567. The maximum atomic E-state index is 13.9. The number of aromatic nitrogens is 1. The van der Waals surface area contributed by atoms with Crippen molar-refractivity contribution < 1.29 is 4.39 Å². The minimum Gasteiger partial charge on any atom is -0.271 e. The predicted molar refractivity (Wildman–Crippen MR) is 71.6 cm³/mol. The van der Waals surface area contributed by atoms with Crippen LogP contribution in [0.4, 0.5) is 4.39 Å². The molecule has 3 nitrogen and oxygen atoms in total. The molecule has 4 heteroatoms. The standard InChI is InChI=1S/C15H16FN3/c16-13-10-18-9-6-12(13)14(19-17)15(7-8-15)11-4-2-1-3-5-11/h1-6,9-10,14,19H,7-8,17H2. The van der Waals surface area contributed by atoms with E-state index in [9.17, 15) is 4.39 Å². The van der Waals surface area contributed by atoms with E-state index in [2.05, 4.69) is 22.5 Å².